The molecule has 0 unspecified atom stereocenters. The van der Waals surface area contributed by atoms with Gasteiger partial charge in [0, 0.05) is 45.1 Å². The SMILES string of the molecule is CCN1CCOC2(CCN(C(=O)CCc3cc(Cl)no3)CC2)CC1=O. The molecule has 1 spiro atoms. The molecule has 7 nitrogen and oxygen atoms in total. The summed E-state index contributed by atoms with van der Waals surface area (Å²) in [5, 5.41) is 3.91. The van der Waals surface area contributed by atoms with E-state index in [4.69, 9.17) is 20.9 Å². The van der Waals surface area contributed by atoms with Gasteiger partial charge < -0.3 is 19.1 Å². The summed E-state index contributed by atoms with van der Waals surface area (Å²) in [6.07, 6.45) is 2.67. The molecule has 0 bridgehead atoms. The average Bonchev–Trinajstić information content (AvgIpc) is 2.95. The number of aromatic nitrogens is 1. The molecule has 1 aromatic heterocycles. The zero-order valence-corrected chi connectivity index (χ0v) is 15.3. The molecule has 2 aliphatic rings. The number of rotatable bonds is 4. The molecular weight excluding hydrogens is 346 g/mol. The molecule has 2 fully saturated rings. The molecule has 25 heavy (non-hydrogen) atoms. The molecule has 8 heteroatoms. The fourth-order valence-corrected chi connectivity index (χ4v) is 3.70. The zero-order valence-electron chi connectivity index (χ0n) is 14.5. The van der Waals surface area contributed by atoms with Crippen LogP contribution < -0.4 is 0 Å². The van der Waals surface area contributed by atoms with Crippen molar-refractivity contribution in [3.05, 3.63) is 17.0 Å². The van der Waals surface area contributed by atoms with Crippen LogP contribution in [0.4, 0.5) is 0 Å². The van der Waals surface area contributed by atoms with E-state index in [0.29, 0.717) is 75.8 Å². The number of aryl methyl sites for hydroxylation is 1. The van der Waals surface area contributed by atoms with Crippen LogP contribution in [-0.4, -0.2) is 65.2 Å². The predicted molar refractivity (Wildman–Crippen MR) is 91.2 cm³/mol. The Balaban J connectivity index is 1.50. The molecule has 2 aliphatic heterocycles. The molecule has 0 atom stereocenters. The number of likely N-dealkylation sites (tertiary alicyclic amines) is 1. The monoisotopic (exact) mass is 369 g/mol. The first-order chi connectivity index (χ1) is 12.0. The Labute approximate surface area is 152 Å². The summed E-state index contributed by atoms with van der Waals surface area (Å²) in [7, 11) is 0. The van der Waals surface area contributed by atoms with Gasteiger partial charge in [-0.1, -0.05) is 16.8 Å². The second-order valence-electron chi connectivity index (χ2n) is 6.68. The molecule has 0 N–H and O–H groups in total. The third kappa shape index (κ3) is 4.33. The molecule has 138 valence electrons. The Kier molecular flexibility index (Phi) is 5.64. The number of nitrogens with zero attached hydrogens (tertiary/aromatic N) is 3. The van der Waals surface area contributed by atoms with E-state index in [2.05, 4.69) is 5.16 Å². The molecule has 2 amide bonds. The highest BCUT2D eigenvalue weighted by Gasteiger charge is 2.41. The fourth-order valence-electron chi connectivity index (χ4n) is 3.55. The first-order valence-corrected chi connectivity index (χ1v) is 9.20. The second kappa shape index (κ2) is 7.74. The number of ether oxygens (including phenoxy) is 1. The van der Waals surface area contributed by atoms with E-state index in [1.165, 1.54) is 0 Å². The minimum absolute atomic E-state index is 0.0810. The number of halogens is 1. The van der Waals surface area contributed by atoms with Crippen molar-refractivity contribution in [3.63, 3.8) is 0 Å². The minimum atomic E-state index is -0.407. The molecule has 0 radical (unpaired) electrons. The standard InChI is InChI=1S/C17H24ClN3O4/c1-2-20-9-10-24-17(12-16(20)23)5-7-21(8-6-17)15(22)4-3-13-11-14(18)19-25-13/h11H,2-10,12H2,1H3. The highest BCUT2D eigenvalue weighted by atomic mass is 35.5. The lowest BCUT2D eigenvalue weighted by Crippen LogP contribution is -2.49. The maximum atomic E-state index is 12.4. The number of hydrogen-bond acceptors (Lipinski definition) is 5. The van der Waals surface area contributed by atoms with Crippen molar-refractivity contribution in [1.29, 1.82) is 0 Å². The van der Waals surface area contributed by atoms with E-state index in [1.54, 1.807) is 6.07 Å². The van der Waals surface area contributed by atoms with Crippen molar-refractivity contribution < 1.29 is 18.8 Å². The van der Waals surface area contributed by atoms with Gasteiger partial charge in [0.05, 0.1) is 18.6 Å². The largest absolute Gasteiger partial charge is 0.372 e. The molecule has 0 aliphatic carbocycles. The van der Waals surface area contributed by atoms with E-state index in [9.17, 15) is 9.59 Å². The van der Waals surface area contributed by atoms with Crippen LogP contribution in [-0.2, 0) is 20.7 Å². The Morgan fingerprint density at radius 3 is 2.76 bits per heavy atom. The lowest BCUT2D eigenvalue weighted by atomic mass is 9.87. The maximum absolute atomic E-state index is 12.4. The van der Waals surface area contributed by atoms with Gasteiger partial charge in [0.1, 0.15) is 5.76 Å². The topological polar surface area (TPSA) is 75.9 Å². The van der Waals surface area contributed by atoms with Crippen LogP contribution in [0.15, 0.2) is 10.6 Å². The summed E-state index contributed by atoms with van der Waals surface area (Å²) in [6, 6.07) is 1.63. The van der Waals surface area contributed by atoms with E-state index in [-0.39, 0.29) is 11.8 Å². The summed E-state index contributed by atoms with van der Waals surface area (Å²) in [6.45, 7) is 5.16. The molecule has 3 rings (SSSR count). The van der Waals surface area contributed by atoms with Crippen molar-refractivity contribution >= 4 is 23.4 Å². The van der Waals surface area contributed by atoms with Gasteiger partial charge in [-0.25, -0.2) is 0 Å². The number of amides is 2. The van der Waals surface area contributed by atoms with Crippen LogP contribution in [0, 0.1) is 0 Å². The Hall–Kier alpha value is -1.60. The number of carbonyl (C=O) groups excluding carboxylic acids is 2. The Morgan fingerprint density at radius 1 is 1.36 bits per heavy atom. The van der Waals surface area contributed by atoms with Gasteiger partial charge in [-0.15, -0.1) is 0 Å². The number of likely N-dealkylation sites (N-methyl/N-ethyl adjacent to an activating group) is 1. The van der Waals surface area contributed by atoms with Gasteiger partial charge in [-0.3, -0.25) is 9.59 Å². The Morgan fingerprint density at radius 2 is 2.12 bits per heavy atom. The van der Waals surface area contributed by atoms with Crippen molar-refractivity contribution in [2.45, 2.75) is 44.6 Å². The zero-order chi connectivity index (χ0) is 17.9. The summed E-state index contributed by atoms with van der Waals surface area (Å²) in [5.74, 6) is 0.851. The van der Waals surface area contributed by atoms with Gasteiger partial charge in [0.25, 0.3) is 0 Å². The smallest absolute Gasteiger partial charge is 0.225 e. The van der Waals surface area contributed by atoms with E-state index in [0.717, 1.165) is 0 Å². The van der Waals surface area contributed by atoms with Crippen LogP contribution in [0.3, 0.4) is 0 Å². The normalized spacial score (nSPS) is 20.8. The third-order valence-electron chi connectivity index (χ3n) is 5.12. The van der Waals surface area contributed by atoms with E-state index in [1.807, 2.05) is 16.7 Å². The molecule has 0 aromatic carbocycles. The lowest BCUT2D eigenvalue weighted by molar-refractivity contribution is -0.141. The highest BCUT2D eigenvalue weighted by Crippen LogP contribution is 2.32. The number of piperidine rings is 1. The minimum Gasteiger partial charge on any atom is -0.372 e. The van der Waals surface area contributed by atoms with Crippen molar-refractivity contribution in [1.82, 2.24) is 15.0 Å². The van der Waals surface area contributed by atoms with Crippen LogP contribution in [0.1, 0.15) is 38.4 Å². The molecule has 2 saturated heterocycles. The van der Waals surface area contributed by atoms with Crippen LogP contribution in [0.25, 0.3) is 0 Å². The summed E-state index contributed by atoms with van der Waals surface area (Å²) in [4.78, 5) is 28.4. The maximum Gasteiger partial charge on any atom is 0.225 e. The molecule has 3 heterocycles. The summed E-state index contributed by atoms with van der Waals surface area (Å²) in [5.41, 5.74) is -0.407. The quantitative estimate of drug-likeness (QED) is 0.810. The molecule has 1 aromatic rings. The van der Waals surface area contributed by atoms with Gasteiger partial charge in [0.2, 0.25) is 11.8 Å². The first kappa shape index (κ1) is 18.2. The highest BCUT2D eigenvalue weighted by molar-refractivity contribution is 6.29. The van der Waals surface area contributed by atoms with E-state index >= 15 is 0 Å². The predicted octanol–water partition coefficient (Wildman–Crippen LogP) is 1.89. The third-order valence-corrected chi connectivity index (χ3v) is 5.30. The van der Waals surface area contributed by atoms with Crippen LogP contribution in [0.2, 0.25) is 5.15 Å². The molecule has 0 saturated carbocycles. The van der Waals surface area contributed by atoms with Crippen molar-refractivity contribution in [2.24, 2.45) is 0 Å². The lowest BCUT2D eigenvalue weighted by Gasteiger charge is -2.40. The molecular formula is C17H24ClN3O4. The van der Waals surface area contributed by atoms with Gasteiger partial charge in [0.15, 0.2) is 5.15 Å². The van der Waals surface area contributed by atoms with Crippen molar-refractivity contribution in [3.8, 4) is 0 Å². The summed E-state index contributed by atoms with van der Waals surface area (Å²) >= 11 is 5.71. The Bertz CT molecular complexity index is 625. The van der Waals surface area contributed by atoms with Gasteiger partial charge in [-0.05, 0) is 19.8 Å². The summed E-state index contributed by atoms with van der Waals surface area (Å²) < 4.78 is 11.1. The number of hydrogen-bond donors (Lipinski definition) is 0. The van der Waals surface area contributed by atoms with E-state index < -0.39 is 5.60 Å². The average molecular weight is 370 g/mol. The van der Waals surface area contributed by atoms with Crippen LogP contribution >= 0.6 is 11.6 Å². The van der Waals surface area contributed by atoms with Crippen molar-refractivity contribution in [2.75, 3.05) is 32.8 Å². The first-order valence-electron chi connectivity index (χ1n) is 8.82. The second-order valence-corrected chi connectivity index (χ2v) is 7.07. The van der Waals surface area contributed by atoms with Crippen LogP contribution in [0.5, 0.6) is 0 Å². The van der Waals surface area contributed by atoms with Gasteiger partial charge >= 0.3 is 0 Å². The fraction of sp³-hybridized carbons (Fsp3) is 0.706. The number of carbonyl (C=O) groups is 2. The van der Waals surface area contributed by atoms with Gasteiger partial charge in [-0.2, -0.15) is 0 Å².